The van der Waals surface area contributed by atoms with Crippen molar-refractivity contribution < 1.29 is 31.5 Å². The van der Waals surface area contributed by atoms with Crippen molar-refractivity contribution in [3.05, 3.63) is 23.8 Å². The van der Waals surface area contributed by atoms with Gasteiger partial charge in [-0.15, -0.1) is 0 Å². The molecule has 0 heterocycles. The van der Waals surface area contributed by atoms with Crippen LogP contribution in [0.5, 0.6) is 0 Å². The minimum atomic E-state index is -5.31. The first kappa shape index (κ1) is 14.7. The van der Waals surface area contributed by atoms with Crippen LogP contribution < -0.4 is 0 Å². The predicted octanol–water partition coefficient (Wildman–Crippen LogP) is 3.39. The quantitative estimate of drug-likeness (QED) is 0.580. The fourth-order valence-corrected chi connectivity index (χ4v) is 1.40. The molecule has 0 amide bonds. The number of rotatable bonds is 3. The molecular formula is C11H11F5O2. The number of allylic oxidation sites excluding steroid dienone is 2. The van der Waals surface area contributed by atoms with Crippen molar-refractivity contribution in [2.45, 2.75) is 38.0 Å². The van der Waals surface area contributed by atoms with Gasteiger partial charge in [0.25, 0.3) is 12.0 Å². The lowest BCUT2D eigenvalue weighted by Gasteiger charge is -2.25. The van der Waals surface area contributed by atoms with E-state index in [0.717, 1.165) is 0 Å². The number of alkyl halides is 5. The van der Waals surface area contributed by atoms with Gasteiger partial charge in [-0.05, 0) is 12.8 Å². The zero-order valence-electron chi connectivity index (χ0n) is 9.43. The number of esters is 1. The lowest BCUT2D eigenvalue weighted by Crippen LogP contribution is -2.46. The molecule has 0 aliphatic heterocycles. The second-order valence-electron chi connectivity index (χ2n) is 3.92. The number of halogens is 5. The maximum Gasteiger partial charge on any atom is 0.431 e. The van der Waals surface area contributed by atoms with Crippen molar-refractivity contribution in [2.24, 2.45) is 0 Å². The molecule has 0 aromatic carbocycles. The molecule has 1 atom stereocenters. The zero-order valence-corrected chi connectivity index (χ0v) is 9.43. The third-order valence-electron chi connectivity index (χ3n) is 2.21. The van der Waals surface area contributed by atoms with E-state index in [0.29, 0.717) is 12.8 Å². The Morgan fingerprint density at radius 2 is 1.89 bits per heavy atom. The van der Waals surface area contributed by atoms with Gasteiger partial charge in [-0.3, -0.25) is 0 Å². The Morgan fingerprint density at radius 1 is 1.28 bits per heavy atom. The Balaban J connectivity index is 2.82. The van der Waals surface area contributed by atoms with Crippen LogP contribution in [-0.4, -0.2) is 24.2 Å². The predicted molar refractivity (Wildman–Crippen MR) is 53.0 cm³/mol. The average Bonchev–Trinajstić information content (AvgIpc) is 2.23. The largest absolute Gasteiger partial charge is 0.443 e. The molecule has 0 bridgehead atoms. The highest BCUT2D eigenvalue weighted by molar-refractivity contribution is 5.91. The van der Waals surface area contributed by atoms with Crippen LogP contribution in [0.25, 0.3) is 0 Å². The third-order valence-corrected chi connectivity index (χ3v) is 2.21. The summed E-state index contributed by atoms with van der Waals surface area (Å²) in [6.45, 7) is 0.0591. The summed E-state index contributed by atoms with van der Waals surface area (Å²) in [6, 6.07) is 0. The van der Waals surface area contributed by atoms with Crippen molar-refractivity contribution >= 4 is 5.97 Å². The van der Waals surface area contributed by atoms with Crippen LogP contribution in [0.3, 0.4) is 0 Å². The molecule has 0 aromatic rings. The standard InChI is InChI=1S/C11H11F5O2/c1-10(12,13)9(11(14,15)16)18-8(17)7-5-3-2-4-6-7/h3,5-6,9H,2,4H2,1H3. The minimum absolute atomic E-state index is 0.0591. The average molecular weight is 270 g/mol. The summed E-state index contributed by atoms with van der Waals surface area (Å²) in [5.74, 6) is -5.58. The molecular weight excluding hydrogens is 259 g/mol. The van der Waals surface area contributed by atoms with Gasteiger partial charge >= 0.3 is 12.1 Å². The van der Waals surface area contributed by atoms with E-state index in [-0.39, 0.29) is 12.5 Å². The molecule has 0 N–H and O–H groups in total. The van der Waals surface area contributed by atoms with Crippen molar-refractivity contribution in [3.63, 3.8) is 0 Å². The molecule has 7 heteroatoms. The van der Waals surface area contributed by atoms with Gasteiger partial charge in [-0.1, -0.05) is 18.2 Å². The molecule has 0 fully saturated rings. The van der Waals surface area contributed by atoms with Gasteiger partial charge in [0.05, 0.1) is 5.57 Å². The summed E-state index contributed by atoms with van der Waals surface area (Å²) in [5.41, 5.74) is -0.139. The van der Waals surface area contributed by atoms with Gasteiger partial charge in [-0.25, -0.2) is 13.6 Å². The number of hydrogen-bond acceptors (Lipinski definition) is 2. The molecule has 0 saturated carbocycles. The van der Waals surface area contributed by atoms with Gasteiger partial charge in [0.2, 0.25) is 0 Å². The smallest absolute Gasteiger partial charge is 0.431 e. The van der Waals surface area contributed by atoms with Gasteiger partial charge in [0.1, 0.15) is 0 Å². The first-order chi connectivity index (χ1) is 8.12. The van der Waals surface area contributed by atoms with Crippen LogP contribution in [0.15, 0.2) is 23.8 Å². The molecule has 0 saturated heterocycles. The van der Waals surface area contributed by atoms with Gasteiger partial charge in [0.15, 0.2) is 0 Å². The second kappa shape index (κ2) is 5.07. The van der Waals surface area contributed by atoms with Crippen molar-refractivity contribution in [3.8, 4) is 0 Å². The van der Waals surface area contributed by atoms with Crippen LogP contribution in [0.4, 0.5) is 22.0 Å². The van der Waals surface area contributed by atoms with Crippen molar-refractivity contribution in [2.75, 3.05) is 0 Å². The Bertz CT molecular complexity index is 362. The van der Waals surface area contributed by atoms with Crippen molar-refractivity contribution in [1.29, 1.82) is 0 Å². The maximum atomic E-state index is 12.8. The molecule has 102 valence electrons. The highest BCUT2D eigenvalue weighted by Crippen LogP contribution is 2.35. The molecule has 0 radical (unpaired) electrons. The Hall–Kier alpha value is -1.40. The Morgan fingerprint density at radius 3 is 2.28 bits per heavy atom. The molecule has 1 unspecified atom stereocenters. The van der Waals surface area contributed by atoms with Crippen LogP contribution in [0.1, 0.15) is 19.8 Å². The molecule has 18 heavy (non-hydrogen) atoms. The van der Waals surface area contributed by atoms with E-state index in [1.54, 1.807) is 6.08 Å². The van der Waals surface area contributed by atoms with Crippen LogP contribution >= 0.6 is 0 Å². The molecule has 0 aromatic heterocycles. The maximum absolute atomic E-state index is 12.8. The zero-order chi connectivity index (χ0) is 14.0. The van der Waals surface area contributed by atoms with E-state index in [4.69, 9.17) is 0 Å². The topological polar surface area (TPSA) is 26.3 Å². The first-order valence-corrected chi connectivity index (χ1v) is 5.14. The third kappa shape index (κ3) is 3.82. The van der Waals surface area contributed by atoms with E-state index in [1.807, 2.05) is 0 Å². The van der Waals surface area contributed by atoms with Crippen LogP contribution in [0, 0.1) is 0 Å². The fourth-order valence-electron chi connectivity index (χ4n) is 1.40. The molecule has 2 nitrogen and oxygen atoms in total. The fraction of sp³-hybridized carbons (Fsp3) is 0.545. The summed E-state index contributed by atoms with van der Waals surface area (Å²) in [5, 5.41) is 0. The normalized spacial score (nSPS) is 18.2. The summed E-state index contributed by atoms with van der Waals surface area (Å²) in [7, 11) is 0. The SMILES string of the molecule is CC(F)(F)C(OC(=O)C1=CCCC=C1)C(F)(F)F. The van der Waals surface area contributed by atoms with E-state index >= 15 is 0 Å². The summed E-state index contributed by atoms with van der Waals surface area (Å²) in [6.07, 6.45) is -3.48. The number of hydrogen-bond donors (Lipinski definition) is 0. The monoisotopic (exact) mass is 270 g/mol. The van der Waals surface area contributed by atoms with Gasteiger partial charge in [0, 0.05) is 6.92 Å². The lowest BCUT2D eigenvalue weighted by molar-refractivity contribution is -0.271. The van der Waals surface area contributed by atoms with Crippen LogP contribution in [0.2, 0.25) is 0 Å². The molecule has 1 aliphatic rings. The molecule has 1 aliphatic carbocycles. The summed E-state index contributed by atoms with van der Waals surface area (Å²) >= 11 is 0. The second-order valence-corrected chi connectivity index (χ2v) is 3.92. The van der Waals surface area contributed by atoms with E-state index in [1.165, 1.54) is 12.2 Å². The number of ether oxygens (including phenoxy) is 1. The Labute approximate surface area is 100 Å². The highest BCUT2D eigenvalue weighted by Gasteiger charge is 2.56. The molecule has 0 spiro atoms. The van der Waals surface area contributed by atoms with Gasteiger partial charge in [-0.2, -0.15) is 13.2 Å². The molecule has 1 rings (SSSR count). The number of carbonyl (C=O) groups excluding carboxylic acids is 1. The Kier molecular flexibility index (Phi) is 4.13. The van der Waals surface area contributed by atoms with E-state index < -0.39 is 24.2 Å². The highest BCUT2D eigenvalue weighted by atomic mass is 19.4. The minimum Gasteiger partial charge on any atom is -0.443 e. The van der Waals surface area contributed by atoms with Crippen LogP contribution in [-0.2, 0) is 9.53 Å². The van der Waals surface area contributed by atoms with Crippen molar-refractivity contribution in [1.82, 2.24) is 0 Å². The first-order valence-electron chi connectivity index (χ1n) is 5.14. The van der Waals surface area contributed by atoms with E-state index in [9.17, 15) is 26.7 Å². The van der Waals surface area contributed by atoms with Gasteiger partial charge < -0.3 is 4.74 Å². The van der Waals surface area contributed by atoms with E-state index in [2.05, 4.69) is 4.74 Å². The number of carbonyl (C=O) groups is 1. The lowest BCUT2D eigenvalue weighted by atomic mass is 10.1. The summed E-state index contributed by atoms with van der Waals surface area (Å²) in [4.78, 5) is 11.3. The summed E-state index contributed by atoms with van der Waals surface area (Å²) < 4.78 is 66.5.